The van der Waals surface area contributed by atoms with Gasteiger partial charge in [0.1, 0.15) is 5.15 Å². The molecule has 0 saturated carbocycles. The minimum Gasteiger partial charge on any atom is -0.224 e. The second kappa shape index (κ2) is 4.57. The van der Waals surface area contributed by atoms with Crippen LogP contribution < -0.4 is 0 Å². The van der Waals surface area contributed by atoms with E-state index in [0.29, 0.717) is 5.56 Å². The Labute approximate surface area is 106 Å². The summed E-state index contributed by atoms with van der Waals surface area (Å²) in [5, 5.41) is -0.228. The van der Waals surface area contributed by atoms with Gasteiger partial charge in [-0.3, -0.25) is 0 Å². The zero-order valence-electron chi connectivity index (χ0n) is 9.29. The van der Waals surface area contributed by atoms with Gasteiger partial charge >= 0.3 is 6.18 Å². The first-order chi connectivity index (χ1) is 8.36. The second-order valence-electron chi connectivity index (χ2n) is 3.77. The molecule has 6 heteroatoms. The highest BCUT2D eigenvalue weighted by Gasteiger charge is 2.35. The lowest BCUT2D eigenvalue weighted by molar-refractivity contribution is -0.144. The van der Waals surface area contributed by atoms with Gasteiger partial charge < -0.3 is 0 Å². The summed E-state index contributed by atoms with van der Waals surface area (Å²) in [7, 11) is 0. The summed E-state index contributed by atoms with van der Waals surface area (Å²) in [5.74, 6) is -1.23. The van der Waals surface area contributed by atoms with Crippen molar-refractivity contribution in [1.82, 2.24) is 9.97 Å². The third-order valence-corrected chi connectivity index (χ3v) is 2.46. The smallest absolute Gasteiger partial charge is 0.224 e. The summed E-state index contributed by atoms with van der Waals surface area (Å²) in [6.07, 6.45) is -4.61. The topological polar surface area (TPSA) is 25.8 Å². The summed E-state index contributed by atoms with van der Waals surface area (Å²) in [6, 6.07) is 8.31. The zero-order chi connectivity index (χ0) is 13.3. The van der Waals surface area contributed by atoms with Crippen LogP contribution in [0.15, 0.2) is 30.3 Å². The van der Waals surface area contributed by atoms with Crippen LogP contribution >= 0.6 is 11.6 Å². The van der Waals surface area contributed by atoms with Crippen LogP contribution in [0.3, 0.4) is 0 Å². The van der Waals surface area contributed by atoms with Gasteiger partial charge in [0, 0.05) is 11.6 Å². The van der Waals surface area contributed by atoms with Crippen LogP contribution in [0.4, 0.5) is 13.2 Å². The normalized spacial score (nSPS) is 11.6. The van der Waals surface area contributed by atoms with E-state index in [-0.39, 0.29) is 10.8 Å². The molecule has 94 valence electrons. The van der Waals surface area contributed by atoms with Crippen LogP contribution in [-0.4, -0.2) is 9.97 Å². The summed E-state index contributed by atoms with van der Waals surface area (Å²) < 4.78 is 37.7. The molecular weight excluding hydrogens is 265 g/mol. The van der Waals surface area contributed by atoms with Crippen LogP contribution in [0.5, 0.6) is 0 Å². The van der Waals surface area contributed by atoms with Gasteiger partial charge in [0.2, 0.25) is 5.82 Å². The molecule has 2 rings (SSSR count). The van der Waals surface area contributed by atoms with Gasteiger partial charge in [-0.1, -0.05) is 35.4 Å². The van der Waals surface area contributed by atoms with Crippen LogP contribution in [0.25, 0.3) is 11.3 Å². The van der Waals surface area contributed by atoms with Crippen molar-refractivity contribution in [2.24, 2.45) is 0 Å². The average molecular weight is 273 g/mol. The van der Waals surface area contributed by atoms with E-state index in [0.717, 1.165) is 5.56 Å². The van der Waals surface area contributed by atoms with Crippen LogP contribution in [0.2, 0.25) is 5.15 Å². The Morgan fingerprint density at radius 1 is 1.11 bits per heavy atom. The third-order valence-electron chi connectivity index (χ3n) is 2.26. The lowest BCUT2D eigenvalue weighted by Crippen LogP contribution is -2.11. The second-order valence-corrected chi connectivity index (χ2v) is 4.15. The fraction of sp³-hybridized carbons (Fsp3) is 0.167. The van der Waals surface area contributed by atoms with E-state index < -0.39 is 12.0 Å². The molecule has 0 aliphatic carbocycles. The molecule has 0 fully saturated rings. The molecular formula is C12H8ClF3N2. The van der Waals surface area contributed by atoms with E-state index in [2.05, 4.69) is 9.97 Å². The number of aromatic nitrogens is 2. The largest absolute Gasteiger partial charge is 0.451 e. The van der Waals surface area contributed by atoms with Crippen LogP contribution in [0, 0.1) is 6.92 Å². The van der Waals surface area contributed by atoms with E-state index in [1.807, 2.05) is 13.0 Å². The Kier molecular flexibility index (Phi) is 3.26. The lowest BCUT2D eigenvalue weighted by Gasteiger charge is -2.08. The molecule has 1 aromatic carbocycles. The van der Waals surface area contributed by atoms with Crippen molar-refractivity contribution >= 4 is 11.6 Å². The first-order valence-electron chi connectivity index (χ1n) is 5.05. The van der Waals surface area contributed by atoms with Crippen LogP contribution in [0.1, 0.15) is 11.4 Å². The molecule has 1 aromatic heterocycles. The van der Waals surface area contributed by atoms with E-state index in [4.69, 9.17) is 11.6 Å². The van der Waals surface area contributed by atoms with Crippen molar-refractivity contribution in [1.29, 1.82) is 0 Å². The third kappa shape index (κ3) is 2.79. The molecule has 0 unspecified atom stereocenters. The average Bonchev–Trinajstić information content (AvgIpc) is 2.27. The number of nitrogens with zero attached hydrogens (tertiary/aromatic N) is 2. The molecule has 0 bridgehead atoms. The Morgan fingerprint density at radius 3 is 2.44 bits per heavy atom. The SMILES string of the molecule is Cc1cccc(-c2cc(Cl)nc(C(F)(F)F)n2)c1. The van der Waals surface area contributed by atoms with Crippen molar-refractivity contribution in [2.45, 2.75) is 13.1 Å². The molecule has 0 atom stereocenters. The van der Waals surface area contributed by atoms with Crippen molar-refractivity contribution in [3.05, 3.63) is 46.9 Å². The van der Waals surface area contributed by atoms with Gasteiger partial charge in [-0.25, -0.2) is 9.97 Å². The number of halogens is 4. The molecule has 0 aliphatic heterocycles. The quantitative estimate of drug-likeness (QED) is 0.730. The van der Waals surface area contributed by atoms with E-state index in [1.165, 1.54) is 6.07 Å². The number of aryl methyl sites for hydroxylation is 1. The van der Waals surface area contributed by atoms with Crippen LogP contribution in [-0.2, 0) is 6.18 Å². The number of benzene rings is 1. The first-order valence-corrected chi connectivity index (χ1v) is 5.43. The zero-order valence-corrected chi connectivity index (χ0v) is 10.0. The number of rotatable bonds is 1. The maximum atomic E-state index is 12.6. The highest BCUT2D eigenvalue weighted by Crippen LogP contribution is 2.29. The minimum absolute atomic E-state index is 0.158. The number of hydrogen-bond acceptors (Lipinski definition) is 2. The Bertz CT molecular complexity index is 582. The number of alkyl halides is 3. The monoisotopic (exact) mass is 272 g/mol. The highest BCUT2D eigenvalue weighted by molar-refractivity contribution is 6.29. The highest BCUT2D eigenvalue weighted by atomic mass is 35.5. The van der Waals surface area contributed by atoms with Gasteiger partial charge in [-0.05, 0) is 13.0 Å². The minimum atomic E-state index is -4.61. The fourth-order valence-electron chi connectivity index (χ4n) is 1.50. The van der Waals surface area contributed by atoms with Crippen molar-refractivity contribution in [3.8, 4) is 11.3 Å². The Hall–Kier alpha value is -1.62. The van der Waals surface area contributed by atoms with Gasteiger partial charge in [0.05, 0.1) is 5.69 Å². The molecule has 0 aliphatic rings. The maximum Gasteiger partial charge on any atom is 0.451 e. The predicted octanol–water partition coefficient (Wildman–Crippen LogP) is 4.12. The van der Waals surface area contributed by atoms with Gasteiger partial charge in [-0.15, -0.1) is 0 Å². The molecule has 2 nitrogen and oxygen atoms in total. The van der Waals surface area contributed by atoms with E-state index >= 15 is 0 Å². The molecule has 1 heterocycles. The molecule has 0 spiro atoms. The van der Waals surface area contributed by atoms with Gasteiger partial charge in [0.25, 0.3) is 0 Å². The van der Waals surface area contributed by atoms with Crippen molar-refractivity contribution in [2.75, 3.05) is 0 Å². The fourth-order valence-corrected chi connectivity index (χ4v) is 1.68. The Morgan fingerprint density at radius 2 is 1.83 bits per heavy atom. The Balaban J connectivity index is 2.55. The van der Waals surface area contributed by atoms with Gasteiger partial charge in [-0.2, -0.15) is 13.2 Å². The maximum absolute atomic E-state index is 12.6. The first kappa shape index (κ1) is 12.8. The van der Waals surface area contributed by atoms with Gasteiger partial charge in [0.15, 0.2) is 0 Å². The number of hydrogen-bond donors (Lipinski definition) is 0. The summed E-state index contributed by atoms with van der Waals surface area (Å²) in [6.45, 7) is 1.84. The molecule has 2 aromatic rings. The van der Waals surface area contributed by atoms with E-state index in [9.17, 15) is 13.2 Å². The molecule has 0 radical (unpaired) electrons. The van der Waals surface area contributed by atoms with Crippen molar-refractivity contribution in [3.63, 3.8) is 0 Å². The summed E-state index contributed by atoms with van der Waals surface area (Å²) in [4.78, 5) is 6.68. The molecule has 0 amide bonds. The molecule has 0 N–H and O–H groups in total. The predicted molar refractivity (Wildman–Crippen MR) is 62.2 cm³/mol. The standard InChI is InChI=1S/C12H8ClF3N2/c1-7-3-2-4-8(5-7)9-6-10(13)18-11(17-9)12(14,15)16/h2-6H,1H3. The van der Waals surface area contributed by atoms with E-state index in [1.54, 1.807) is 18.2 Å². The van der Waals surface area contributed by atoms with Crippen molar-refractivity contribution < 1.29 is 13.2 Å². The summed E-state index contributed by atoms with van der Waals surface area (Å²) >= 11 is 5.59. The lowest BCUT2D eigenvalue weighted by atomic mass is 10.1. The summed E-state index contributed by atoms with van der Waals surface area (Å²) in [5.41, 5.74) is 1.66. The molecule has 18 heavy (non-hydrogen) atoms. The molecule has 0 saturated heterocycles.